The molecule has 0 spiro atoms. The van der Waals surface area contributed by atoms with E-state index in [9.17, 15) is 0 Å². The lowest BCUT2D eigenvalue weighted by Gasteiger charge is -1.92. The van der Waals surface area contributed by atoms with E-state index in [1.807, 2.05) is 0 Å². The van der Waals surface area contributed by atoms with E-state index >= 15 is 0 Å². The monoisotopic (exact) mass is 253 g/mol. The molecule has 0 aromatic carbocycles. The zero-order valence-electron chi connectivity index (χ0n) is 6.95. The van der Waals surface area contributed by atoms with Crippen molar-refractivity contribution in [1.29, 1.82) is 0 Å². The SMILES string of the molecule is C/C=C(/C)I=CCNCC. The van der Waals surface area contributed by atoms with Crippen LogP contribution in [0.5, 0.6) is 0 Å². The third-order valence-corrected chi connectivity index (χ3v) is 3.60. The zero-order valence-corrected chi connectivity index (χ0v) is 9.10. The molecule has 0 aromatic rings. The van der Waals surface area contributed by atoms with Crippen LogP contribution >= 0.6 is 20.7 Å². The number of halogens is 1. The van der Waals surface area contributed by atoms with Gasteiger partial charge in [0.15, 0.2) is 0 Å². The average Bonchev–Trinajstić information content (AvgIpc) is 1.98. The Balaban J connectivity index is 3.37. The summed E-state index contributed by atoms with van der Waals surface area (Å²) in [5.41, 5.74) is 0. The molecular formula is C8H16IN. The van der Waals surface area contributed by atoms with E-state index in [1.165, 1.54) is 0 Å². The maximum Gasteiger partial charge on any atom is 0.0191 e. The first kappa shape index (κ1) is 10.3. The predicted molar refractivity (Wildman–Crippen MR) is 58.1 cm³/mol. The van der Waals surface area contributed by atoms with Gasteiger partial charge in [-0.05, 0) is 28.0 Å². The van der Waals surface area contributed by atoms with Crippen molar-refractivity contribution in [3.63, 3.8) is 0 Å². The molecule has 0 saturated heterocycles. The second kappa shape index (κ2) is 7.41. The molecule has 0 amide bonds. The van der Waals surface area contributed by atoms with Crippen LogP contribution in [0.2, 0.25) is 0 Å². The van der Waals surface area contributed by atoms with E-state index in [-0.39, 0.29) is 20.7 Å². The van der Waals surface area contributed by atoms with Gasteiger partial charge in [-0.2, -0.15) is 0 Å². The van der Waals surface area contributed by atoms with Gasteiger partial charge in [0.25, 0.3) is 0 Å². The molecule has 0 aromatic heterocycles. The Morgan fingerprint density at radius 2 is 2.30 bits per heavy atom. The summed E-state index contributed by atoms with van der Waals surface area (Å²) in [6.07, 6.45) is 2.20. The highest BCUT2D eigenvalue weighted by Gasteiger charge is 1.77. The summed E-state index contributed by atoms with van der Waals surface area (Å²) in [6.45, 7) is 8.60. The molecule has 0 radical (unpaired) electrons. The molecule has 0 atom stereocenters. The first-order valence-corrected chi connectivity index (χ1v) is 5.92. The van der Waals surface area contributed by atoms with Crippen LogP contribution in [0.15, 0.2) is 9.66 Å². The van der Waals surface area contributed by atoms with Crippen LogP contribution in [0.3, 0.4) is 0 Å². The Hall–Kier alpha value is 0.300. The number of nitrogens with one attached hydrogen (secondary N) is 1. The molecule has 0 rings (SSSR count). The second-order valence-corrected chi connectivity index (χ2v) is 5.15. The van der Waals surface area contributed by atoms with E-state index in [1.54, 1.807) is 3.58 Å². The van der Waals surface area contributed by atoms with Crippen LogP contribution in [-0.2, 0) is 0 Å². The first-order valence-electron chi connectivity index (χ1n) is 3.60. The summed E-state index contributed by atoms with van der Waals surface area (Å²) in [6, 6.07) is 0. The van der Waals surface area contributed by atoms with Crippen molar-refractivity contribution in [3.8, 4) is 0 Å². The first-order chi connectivity index (χ1) is 4.81. The van der Waals surface area contributed by atoms with Gasteiger partial charge in [0.05, 0.1) is 0 Å². The third kappa shape index (κ3) is 6.42. The number of allylic oxidation sites excluding steroid dienone is 2. The lowest BCUT2D eigenvalue weighted by Crippen LogP contribution is -2.13. The van der Waals surface area contributed by atoms with Crippen molar-refractivity contribution in [3.05, 3.63) is 9.66 Å². The van der Waals surface area contributed by atoms with Crippen LogP contribution in [0, 0.1) is 0 Å². The van der Waals surface area contributed by atoms with Crippen LogP contribution in [0.4, 0.5) is 0 Å². The average molecular weight is 253 g/mol. The Kier molecular flexibility index (Phi) is 7.63. The van der Waals surface area contributed by atoms with E-state index in [2.05, 4.69) is 36.2 Å². The zero-order chi connectivity index (χ0) is 7.82. The molecule has 0 aliphatic rings. The molecule has 0 bridgehead atoms. The van der Waals surface area contributed by atoms with Crippen LogP contribution in [-0.4, -0.2) is 17.1 Å². The van der Waals surface area contributed by atoms with Gasteiger partial charge in [-0.25, -0.2) is 0 Å². The third-order valence-electron chi connectivity index (χ3n) is 1.12. The van der Waals surface area contributed by atoms with Gasteiger partial charge >= 0.3 is 0 Å². The lowest BCUT2D eigenvalue weighted by atomic mass is 10.6. The minimum absolute atomic E-state index is 0.223. The van der Waals surface area contributed by atoms with E-state index < -0.39 is 0 Å². The van der Waals surface area contributed by atoms with Crippen LogP contribution in [0.25, 0.3) is 0 Å². The molecule has 0 fully saturated rings. The summed E-state index contributed by atoms with van der Waals surface area (Å²) >= 11 is 0.223. The summed E-state index contributed by atoms with van der Waals surface area (Å²) in [4.78, 5) is 0. The van der Waals surface area contributed by atoms with Gasteiger partial charge in [-0.3, -0.25) is 0 Å². The lowest BCUT2D eigenvalue weighted by molar-refractivity contribution is 0.828. The molecule has 0 saturated carbocycles. The van der Waals surface area contributed by atoms with Gasteiger partial charge < -0.3 is 5.32 Å². The van der Waals surface area contributed by atoms with Crippen molar-refractivity contribution < 1.29 is 0 Å². The van der Waals surface area contributed by atoms with E-state index in [0.717, 1.165) is 13.1 Å². The fraction of sp³-hybridized carbons (Fsp3) is 0.625. The second-order valence-electron chi connectivity index (χ2n) is 1.95. The van der Waals surface area contributed by atoms with Gasteiger partial charge in [-0.1, -0.05) is 33.7 Å². The molecule has 0 heterocycles. The molecular weight excluding hydrogens is 237 g/mol. The summed E-state index contributed by atoms with van der Waals surface area (Å²) in [5, 5.41) is 3.27. The maximum atomic E-state index is 3.27. The molecule has 0 aliphatic heterocycles. The van der Waals surface area contributed by atoms with Gasteiger partial charge in [0, 0.05) is 6.54 Å². The van der Waals surface area contributed by atoms with Gasteiger partial charge in [0.2, 0.25) is 0 Å². The molecule has 1 N–H and O–H groups in total. The van der Waals surface area contributed by atoms with Crippen molar-refractivity contribution in [1.82, 2.24) is 5.32 Å². The summed E-state index contributed by atoms with van der Waals surface area (Å²) in [7, 11) is 0. The molecule has 0 unspecified atom stereocenters. The minimum atomic E-state index is 0.223. The van der Waals surface area contributed by atoms with Crippen LogP contribution < -0.4 is 5.32 Å². The van der Waals surface area contributed by atoms with Gasteiger partial charge in [0.1, 0.15) is 0 Å². The molecule has 10 heavy (non-hydrogen) atoms. The Morgan fingerprint density at radius 3 is 2.80 bits per heavy atom. The smallest absolute Gasteiger partial charge is 0.0191 e. The highest BCUT2D eigenvalue weighted by atomic mass is 127. The number of hydrogen-bond acceptors (Lipinski definition) is 1. The molecule has 2 heteroatoms. The van der Waals surface area contributed by atoms with E-state index in [4.69, 9.17) is 0 Å². The molecule has 0 aliphatic carbocycles. The Morgan fingerprint density at radius 1 is 1.60 bits per heavy atom. The summed E-state index contributed by atoms with van der Waals surface area (Å²) in [5.74, 6) is 0. The highest BCUT2D eigenvalue weighted by Crippen LogP contribution is 2.09. The minimum Gasteiger partial charge on any atom is -0.313 e. The Labute approximate surface area is 73.6 Å². The highest BCUT2D eigenvalue weighted by molar-refractivity contribution is 14.2. The molecule has 60 valence electrons. The fourth-order valence-electron chi connectivity index (χ4n) is 0.422. The fourth-order valence-corrected chi connectivity index (χ4v) is 2.01. The van der Waals surface area contributed by atoms with E-state index in [0.29, 0.717) is 0 Å². The standard InChI is InChI=1S/C8H16IN/c1-4-8(3)9-6-7-10-5-2/h4,6,10H,5,7H2,1-3H3/b8-4-. The largest absolute Gasteiger partial charge is 0.313 e. The Bertz CT molecular complexity index is 127. The quantitative estimate of drug-likeness (QED) is 0.598. The molecule has 1 nitrogen and oxygen atoms in total. The topological polar surface area (TPSA) is 12.0 Å². The van der Waals surface area contributed by atoms with Crippen LogP contribution in [0.1, 0.15) is 20.8 Å². The van der Waals surface area contributed by atoms with Crippen molar-refractivity contribution in [2.75, 3.05) is 13.1 Å². The summed E-state index contributed by atoms with van der Waals surface area (Å²) < 4.78 is 3.93. The predicted octanol–water partition coefficient (Wildman–Crippen LogP) is 2.29. The number of rotatable bonds is 4. The van der Waals surface area contributed by atoms with Crippen molar-refractivity contribution in [2.24, 2.45) is 0 Å². The maximum absolute atomic E-state index is 3.27. The van der Waals surface area contributed by atoms with Gasteiger partial charge in [-0.15, -0.1) is 0 Å². The normalized spacial score (nSPS) is 13.7. The number of hydrogen-bond donors (Lipinski definition) is 1. The van der Waals surface area contributed by atoms with Crippen molar-refractivity contribution >= 4 is 24.7 Å². The van der Waals surface area contributed by atoms with Crippen molar-refractivity contribution in [2.45, 2.75) is 20.8 Å².